The molecule has 2 heterocycles. The molecule has 26 heavy (non-hydrogen) atoms. The molecule has 3 nitrogen and oxygen atoms in total. The van der Waals surface area contributed by atoms with Gasteiger partial charge in [-0.25, -0.2) is 0 Å². The molecule has 0 unspecified atom stereocenters. The largest absolute Gasteiger partial charge is 0.471 e. The fourth-order valence-corrected chi connectivity index (χ4v) is 3.28. The minimum Gasteiger partial charge on any atom is -0.334 e. The van der Waals surface area contributed by atoms with Gasteiger partial charge < -0.3 is 4.90 Å². The number of rotatable bonds is 2. The summed E-state index contributed by atoms with van der Waals surface area (Å²) in [6.07, 6.45) is 2.92. The van der Waals surface area contributed by atoms with E-state index in [1.807, 2.05) is 30.4 Å². The van der Waals surface area contributed by atoms with Crippen LogP contribution in [-0.4, -0.2) is 35.1 Å². The summed E-state index contributed by atoms with van der Waals surface area (Å²) in [4.78, 5) is 16.4. The first-order chi connectivity index (χ1) is 12.4. The van der Waals surface area contributed by atoms with Crippen LogP contribution in [0.4, 0.5) is 13.2 Å². The highest BCUT2D eigenvalue weighted by Crippen LogP contribution is 2.29. The highest BCUT2D eigenvalue weighted by atomic mass is 35.5. The van der Waals surface area contributed by atoms with Crippen LogP contribution >= 0.6 is 11.6 Å². The Balaban J connectivity index is 1.88. The van der Waals surface area contributed by atoms with Crippen LogP contribution in [0.25, 0.3) is 12.2 Å². The molecule has 0 N–H and O–H groups in total. The van der Waals surface area contributed by atoms with Gasteiger partial charge in [-0.3, -0.25) is 9.78 Å². The fourth-order valence-electron chi connectivity index (χ4n) is 3.04. The van der Waals surface area contributed by atoms with E-state index >= 15 is 0 Å². The van der Waals surface area contributed by atoms with E-state index in [2.05, 4.69) is 4.98 Å². The summed E-state index contributed by atoms with van der Waals surface area (Å²) >= 11 is 6.32. The molecule has 3 rings (SSSR count). The Labute approximate surface area is 154 Å². The van der Waals surface area contributed by atoms with E-state index < -0.39 is 12.1 Å². The summed E-state index contributed by atoms with van der Waals surface area (Å²) in [7, 11) is 0. The van der Waals surface area contributed by atoms with Crippen molar-refractivity contribution < 1.29 is 18.0 Å². The zero-order chi connectivity index (χ0) is 18.7. The number of halogens is 4. The minimum atomic E-state index is -4.85. The summed E-state index contributed by atoms with van der Waals surface area (Å²) in [5, 5.41) is 0.527. The third-order valence-corrected chi connectivity index (χ3v) is 4.67. The van der Waals surface area contributed by atoms with Gasteiger partial charge in [0.15, 0.2) is 0 Å². The standard InChI is InChI=1S/C19H16ClF3N2O/c20-17-6-4-14-7-10-25(18(26)19(21,22)23)11-8-15(14)16(17)5-3-13-2-1-9-24-12-13/h1-6,9,12H,7-8,10-11H2/b5-3+. The van der Waals surface area contributed by atoms with Crippen molar-refractivity contribution in [2.24, 2.45) is 0 Å². The minimum absolute atomic E-state index is 0.0133. The van der Waals surface area contributed by atoms with Crippen molar-refractivity contribution in [3.63, 3.8) is 0 Å². The molecule has 0 saturated heterocycles. The Bertz CT molecular complexity index is 835. The molecule has 0 bridgehead atoms. The van der Waals surface area contributed by atoms with E-state index in [9.17, 15) is 18.0 Å². The van der Waals surface area contributed by atoms with Crippen molar-refractivity contribution in [2.45, 2.75) is 19.0 Å². The van der Waals surface area contributed by atoms with Crippen LogP contribution in [0.1, 0.15) is 22.3 Å². The first-order valence-electron chi connectivity index (χ1n) is 8.11. The topological polar surface area (TPSA) is 33.2 Å². The van der Waals surface area contributed by atoms with Crippen molar-refractivity contribution in [1.29, 1.82) is 0 Å². The van der Waals surface area contributed by atoms with E-state index in [1.54, 1.807) is 18.5 Å². The molecule has 1 aromatic heterocycles. The number of nitrogens with zero attached hydrogens (tertiary/aromatic N) is 2. The predicted octanol–water partition coefficient (Wildman–Crippen LogP) is 4.39. The quantitative estimate of drug-likeness (QED) is 0.774. The SMILES string of the molecule is O=C(N1CCc2ccc(Cl)c(/C=C/c3cccnc3)c2CC1)C(F)(F)F. The molecule has 0 atom stereocenters. The smallest absolute Gasteiger partial charge is 0.334 e. The lowest BCUT2D eigenvalue weighted by molar-refractivity contribution is -0.185. The van der Waals surface area contributed by atoms with Crippen LogP contribution in [0.3, 0.4) is 0 Å². The van der Waals surface area contributed by atoms with Gasteiger partial charge in [-0.1, -0.05) is 35.9 Å². The molecule has 0 saturated carbocycles. The van der Waals surface area contributed by atoms with E-state index in [1.165, 1.54) is 0 Å². The Morgan fingerprint density at radius 3 is 2.62 bits per heavy atom. The molecule has 0 fully saturated rings. The van der Waals surface area contributed by atoms with Crippen molar-refractivity contribution in [1.82, 2.24) is 9.88 Å². The molecule has 1 aromatic carbocycles. The number of carbonyl (C=O) groups is 1. The molecule has 2 aromatic rings. The van der Waals surface area contributed by atoms with E-state index in [0.717, 1.165) is 27.2 Å². The monoisotopic (exact) mass is 380 g/mol. The maximum absolute atomic E-state index is 12.7. The van der Waals surface area contributed by atoms with E-state index in [0.29, 0.717) is 17.9 Å². The number of hydrogen-bond acceptors (Lipinski definition) is 2. The highest BCUT2D eigenvalue weighted by molar-refractivity contribution is 6.32. The summed E-state index contributed by atoms with van der Waals surface area (Å²) in [6, 6.07) is 7.27. The van der Waals surface area contributed by atoms with Gasteiger partial charge in [-0.15, -0.1) is 0 Å². The van der Waals surface area contributed by atoms with Gasteiger partial charge in [0.05, 0.1) is 0 Å². The Hall–Kier alpha value is -2.34. The number of benzene rings is 1. The van der Waals surface area contributed by atoms with Gasteiger partial charge in [-0.2, -0.15) is 13.2 Å². The van der Waals surface area contributed by atoms with Crippen molar-refractivity contribution in [2.75, 3.05) is 13.1 Å². The number of hydrogen-bond donors (Lipinski definition) is 0. The molecular formula is C19H16ClF3N2O. The molecule has 0 radical (unpaired) electrons. The second-order valence-electron chi connectivity index (χ2n) is 6.01. The lowest BCUT2D eigenvalue weighted by Crippen LogP contribution is -2.42. The number of amides is 1. The maximum atomic E-state index is 12.7. The van der Waals surface area contributed by atoms with E-state index in [-0.39, 0.29) is 13.1 Å². The summed E-state index contributed by atoms with van der Waals surface area (Å²) < 4.78 is 38.2. The molecule has 1 amide bonds. The molecule has 0 spiro atoms. The van der Waals surface area contributed by atoms with Crippen molar-refractivity contribution >= 4 is 29.7 Å². The van der Waals surface area contributed by atoms with Crippen LogP contribution in [0.2, 0.25) is 5.02 Å². The van der Waals surface area contributed by atoms with Crippen LogP contribution in [0.5, 0.6) is 0 Å². The maximum Gasteiger partial charge on any atom is 0.471 e. The number of alkyl halides is 3. The number of aromatic nitrogens is 1. The van der Waals surface area contributed by atoms with Crippen LogP contribution in [-0.2, 0) is 17.6 Å². The second kappa shape index (κ2) is 7.50. The van der Waals surface area contributed by atoms with E-state index in [4.69, 9.17) is 11.6 Å². The predicted molar refractivity (Wildman–Crippen MR) is 94.7 cm³/mol. The average molecular weight is 381 g/mol. The van der Waals surface area contributed by atoms with Gasteiger partial charge in [0, 0.05) is 30.5 Å². The van der Waals surface area contributed by atoms with Gasteiger partial charge >= 0.3 is 12.1 Å². The van der Waals surface area contributed by atoms with Crippen LogP contribution < -0.4 is 0 Å². The number of fused-ring (bicyclic) bond motifs is 1. The third-order valence-electron chi connectivity index (χ3n) is 4.34. The average Bonchev–Trinajstić information content (AvgIpc) is 2.83. The van der Waals surface area contributed by atoms with Crippen LogP contribution in [0.15, 0.2) is 36.7 Å². The normalized spacial score (nSPS) is 15.0. The van der Waals surface area contributed by atoms with Gasteiger partial charge in [0.2, 0.25) is 0 Å². The summed E-state index contributed by atoms with van der Waals surface area (Å²) in [6.45, 7) is 0.0537. The summed E-state index contributed by atoms with van der Waals surface area (Å²) in [5.74, 6) is -1.79. The van der Waals surface area contributed by atoms with Crippen LogP contribution in [0, 0.1) is 0 Å². The highest BCUT2D eigenvalue weighted by Gasteiger charge is 2.42. The lowest BCUT2D eigenvalue weighted by atomic mass is 9.96. The van der Waals surface area contributed by atoms with Crippen molar-refractivity contribution in [3.05, 3.63) is 63.9 Å². The van der Waals surface area contributed by atoms with Crippen molar-refractivity contribution in [3.8, 4) is 0 Å². The Morgan fingerprint density at radius 1 is 1.15 bits per heavy atom. The van der Waals surface area contributed by atoms with Gasteiger partial charge in [0.25, 0.3) is 0 Å². The van der Waals surface area contributed by atoms with Gasteiger partial charge in [0.1, 0.15) is 0 Å². The second-order valence-corrected chi connectivity index (χ2v) is 6.42. The molecule has 1 aliphatic heterocycles. The van der Waals surface area contributed by atoms with Gasteiger partial charge in [-0.05, 0) is 47.2 Å². The Kier molecular flexibility index (Phi) is 5.32. The first kappa shape index (κ1) is 18.5. The third kappa shape index (κ3) is 4.07. The zero-order valence-electron chi connectivity index (χ0n) is 13.8. The molecular weight excluding hydrogens is 365 g/mol. The lowest BCUT2D eigenvalue weighted by Gasteiger charge is -2.21. The number of pyridine rings is 1. The zero-order valence-corrected chi connectivity index (χ0v) is 14.5. The number of carbonyl (C=O) groups excluding carboxylic acids is 1. The Morgan fingerprint density at radius 2 is 1.92 bits per heavy atom. The summed E-state index contributed by atoms with van der Waals surface area (Å²) in [5.41, 5.74) is 3.46. The molecule has 1 aliphatic rings. The molecule has 0 aliphatic carbocycles. The fraction of sp³-hybridized carbons (Fsp3) is 0.263. The first-order valence-corrected chi connectivity index (χ1v) is 8.48. The molecule has 7 heteroatoms. The molecule has 136 valence electrons.